The first-order chi connectivity index (χ1) is 12.5. The summed E-state index contributed by atoms with van der Waals surface area (Å²) in [6, 6.07) is 13.0. The molecule has 1 aliphatic rings. The van der Waals surface area contributed by atoms with Gasteiger partial charge in [-0.1, -0.05) is 24.3 Å². The number of nitrogens with one attached hydrogen (secondary N) is 1. The zero-order valence-corrected chi connectivity index (χ0v) is 14.5. The predicted molar refractivity (Wildman–Crippen MR) is 93.8 cm³/mol. The molecule has 0 spiro atoms. The van der Waals surface area contributed by atoms with Gasteiger partial charge in [0.2, 0.25) is 0 Å². The van der Waals surface area contributed by atoms with E-state index < -0.39 is 12.0 Å². The van der Waals surface area contributed by atoms with E-state index >= 15 is 0 Å². The van der Waals surface area contributed by atoms with E-state index in [4.69, 9.17) is 4.74 Å². The van der Waals surface area contributed by atoms with E-state index in [0.717, 1.165) is 16.8 Å². The minimum absolute atomic E-state index is 0.101. The summed E-state index contributed by atoms with van der Waals surface area (Å²) in [5, 5.41) is 2.79. The highest BCUT2D eigenvalue weighted by atomic mass is 19.3. The molecule has 0 radical (unpaired) electrons. The zero-order chi connectivity index (χ0) is 18.6. The number of nitrogens with zero attached hydrogens (tertiary/aromatic N) is 2. The molecule has 1 aromatic carbocycles. The van der Waals surface area contributed by atoms with Gasteiger partial charge in [-0.15, -0.1) is 0 Å². The summed E-state index contributed by atoms with van der Waals surface area (Å²) < 4.78 is 31.4. The number of hydrogen-bond donors (Lipinski definition) is 1. The van der Waals surface area contributed by atoms with Crippen LogP contribution in [0.2, 0.25) is 0 Å². The van der Waals surface area contributed by atoms with Crippen LogP contribution in [0.5, 0.6) is 0 Å². The Labute approximate surface area is 151 Å². The van der Waals surface area contributed by atoms with Crippen molar-refractivity contribution in [2.45, 2.75) is 25.5 Å². The highest BCUT2D eigenvalue weighted by molar-refractivity contribution is 5.74. The molecular weight excluding hydrogens is 340 g/mol. The van der Waals surface area contributed by atoms with Crippen LogP contribution in [0, 0.1) is 0 Å². The molecule has 0 aliphatic carbocycles. The molecule has 138 valence electrons. The molecule has 1 aromatic heterocycles. The summed E-state index contributed by atoms with van der Waals surface area (Å²) in [5.41, 5.74) is 1.09. The summed E-state index contributed by atoms with van der Waals surface area (Å²) in [6.07, 6.45) is -0.921. The number of ether oxygens (including phenoxy) is 1. The van der Waals surface area contributed by atoms with Crippen LogP contribution in [-0.4, -0.2) is 47.6 Å². The van der Waals surface area contributed by atoms with Gasteiger partial charge in [0.05, 0.1) is 18.8 Å². The molecule has 1 N–H and O–H groups in total. The SMILES string of the molecule is CC1(C(F)F)CN(C(=O)NCc2cccc(-c3ccccn3)c2)CCO1. The van der Waals surface area contributed by atoms with Gasteiger partial charge in [0, 0.05) is 24.8 Å². The van der Waals surface area contributed by atoms with Crippen molar-refractivity contribution < 1.29 is 18.3 Å². The Morgan fingerprint density at radius 1 is 1.35 bits per heavy atom. The van der Waals surface area contributed by atoms with Gasteiger partial charge in [0.1, 0.15) is 5.60 Å². The molecule has 1 fully saturated rings. The lowest BCUT2D eigenvalue weighted by atomic mass is 10.1. The Kier molecular flexibility index (Phi) is 5.46. The van der Waals surface area contributed by atoms with Gasteiger partial charge < -0.3 is 15.0 Å². The fraction of sp³-hybridized carbons (Fsp3) is 0.368. The van der Waals surface area contributed by atoms with Crippen LogP contribution >= 0.6 is 0 Å². The molecule has 5 nitrogen and oxygen atoms in total. The van der Waals surface area contributed by atoms with Gasteiger partial charge in [0.25, 0.3) is 6.43 Å². The monoisotopic (exact) mass is 361 g/mol. The Hall–Kier alpha value is -2.54. The van der Waals surface area contributed by atoms with Crippen molar-refractivity contribution in [1.82, 2.24) is 15.2 Å². The number of benzene rings is 1. The van der Waals surface area contributed by atoms with Gasteiger partial charge in [-0.3, -0.25) is 4.98 Å². The number of aromatic nitrogens is 1. The van der Waals surface area contributed by atoms with Crippen molar-refractivity contribution in [2.75, 3.05) is 19.7 Å². The molecule has 0 saturated carbocycles. The Morgan fingerprint density at radius 3 is 2.92 bits per heavy atom. The molecule has 2 amide bonds. The molecule has 1 aliphatic heterocycles. The highest BCUT2D eigenvalue weighted by Gasteiger charge is 2.42. The van der Waals surface area contributed by atoms with Crippen molar-refractivity contribution in [2.24, 2.45) is 0 Å². The molecule has 1 atom stereocenters. The Balaban J connectivity index is 1.61. The maximum atomic E-state index is 13.1. The van der Waals surface area contributed by atoms with Crippen molar-refractivity contribution in [3.05, 3.63) is 54.2 Å². The van der Waals surface area contributed by atoms with Crippen LogP contribution in [-0.2, 0) is 11.3 Å². The molecule has 2 heterocycles. The van der Waals surface area contributed by atoms with Crippen molar-refractivity contribution >= 4 is 6.03 Å². The van der Waals surface area contributed by atoms with Crippen molar-refractivity contribution in [3.8, 4) is 11.3 Å². The lowest BCUT2D eigenvalue weighted by Gasteiger charge is -2.39. The minimum atomic E-state index is -2.65. The smallest absolute Gasteiger partial charge is 0.317 e. The maximum absolute atomic E-state index is 13.1. The first-order valence-corrected chi connectivity index (χ1v) is 8.43. The third-order valence-corrected chi connectivity index (χ3v) is 4.38. The summed E-state index contributed by atoms with van der Waals surface area (Å²) >= 11 is 0. The second-order valence-electron chi connectivity index (χ2n) is 6.46. The van der Waals surface area contributed by atoms with E-state index in [1.54, 1.807) is 6.20 Å². The minimum Gasteiger partial charge on any atom is -0.366 e. The second-order valence-corrected chi connectivity index (χ2v) is 6.46. The number of hydrogen-bond acceptors (Lipinski definition) is 3. The van der Waals surface area contributed by atoms with Crippen LogP contribution in [0.1, 0.15) is 12.5 Å². The summed E-state index contributed by atoms with van der Waals surface area (Å²) in [5.74, 6) is 0. The molecule has 2 aromatic rings. The summed E-state index contributed by atoms with van der Waals surface area (Å²) in [6.45, 7) is 1.89. The summed E-state index contributed by atoms with van der Waals surface area (Å²) in [4.78, 5) is 18.0. The maximum Gasteiger partial charge on any atom is 0.317 e. The number of carbonyl (C=O) groups is 1. The number of rotatable bonds is 4. The van der Waals surface area contributed by atoms with Gasteiger partial charge >= 0.3 is 6.03 Å². The van der Waals surface area contributed by atoms with Gasteiger partial charge in [-0.25, -0.2) is 13.6 Å². The van der Waals surface area contributed by atoms with Crippen molar-refractivity contribution in [3.63, 3.8) is 0 Å². The average molecular weight is 361 g/mol. The third kappa shape index (κ3) is 4.16. The Morgan fingerprint density at radius 2 is 2.19 bits per heavy atom. The first kappa shape index (κ1) is 18.3. The molecule has 3 rings (SSSR count). The third-order valence-electron chi connectivity index (χ3n) is 4.38. The van der Waals surface area contributed by atoms with Crippen LogP contribution in [0.3, 0.4) is 0 Å². The number of amides is 2. The molecule has 7 heteroatoms. The molecular formula is C19H21F2N3O2. The van der Waals surface area contributed by atoms with E-state index in [1.165, 1.54) is 11.8 Å². The highest BCUT2D eigenvalue weighted by Crippen LogP contribution is 2.25. The molecule has 1 unspecified atom stereocenters. The predicted octanol–water partition coefficient (Wildman–Crippen LogP) is 3.31. The molecule has 1 saturated heterocycles. The Bertz CT molecular complexity index is 757. The number of morpholine rings is 1. The number of halogens is 2. The average Bonchev–Trinajstić information content (AvgIpc) is 2.67. The van der Waals surface area contributed by atoms with Crippen LogP contribution in [0.15, 0.2) is 48.7 Å². The van der Waals surface area contributed by atoms with E-state index in [-0.39, 0.29) is 19.2 Å². The quantitative estimate of drug-likeness (QED) is 0.909. The second kappa shape index (κ2) is 7.78. The number of carbonyl (C=O) groups excluding carboxylic acids is 1. The van der Waals surface area contributed by atoms with E-state index in [1.807, 2.05) is 42.5 Å². The topological polar surface area (TPSA) is 54.5 Å². The van der Waals surface area contributed by atoms with E-state index in [0.29, 0.717) is 13.1 Å². The molecule has 26 heavy (non-hydrogen) atoms. The number of alkyl halides is 2. The van der Waals surface area contributed by atoms with Gasteiger partial charge in [0.15, 0.2) is 0 Å². The largest absolute Gasteiger partial charge is 0.366 e. The van der Waals surface area contributed by atoms with E-state index in [9.17, 15) is 13.6 Å². The fourth-order valence-corrected chi connectivity index (χ4v) is 2.86. The van der Waals surface area contributed by atoms with Crippen molar-refractivity contribution in [1.29, 1.82) is 0 Å². The lowest BCUT2D eigenvalue weighted by molar-refractivity contribution is -0.161. The first-order valence-electron chi connectivity index (χ1n) is 8.43. The van der Waals surface area contributed by atoms with Crippen LogP contribution in [0.4, 0.5) is 13.6 Å². The zero-order valence-electron chi connectivity index (χ0n) is 14.5. The summed E-state index contributed by atoms with van der Waals surface area (Å²) in [7, 11) is 0. The van der Waals surface area contributed by atoms with Crippen LogP contribution in [0.25, 0.3) is 11.3 Å². The van der Waals surface area contributed by atoms with Crippen LogP contribution < -0.4 is 5.32 Å². The fourth-order valence-electron chi connectivity index (χ4n) is 2.86. The number of urea groups is 1. The standard InChI is InChI=1S/C19H21F2N3O2/c1-19(17(20)21)13-24(9-10-26-19)18(25)23-12-14-5-4-6-15(11-14)16-7-2-3-8-22-16/h2-8,11,17H,9-10,12-13H2,1H3,(H,23,25). The van der Waals surface area contributed by atoms with Gasteiger partial charge in [-0.05, 0) is 30.7 Å². The van der Waals surface area contributed by atoms with Gasteiger partial charge in [-0.2, -0.15) is 0 Å². The lowest BCUT2D eigenvalue weighted by Crippen LogP contribution is -2.57. The van der Waals surface area contributed by atoms with E-state index in [2.05, 4.69) is 10.3 Å². The molecule has 0 bridgehead atoms. The normalized spacial score (nSPS) is 20.2. The number of pyridine rings is 1.